The molecule has 1 saturated carbocycles. The van der Waals surface area contributed by atoms with Crippen molar-refractivity contribution in [3.05, 3.63) is 0 Å². The second-order valence-corrected chi connectivity index (χ2v) is 7.20. The summed E-state index contributed by atoms with van der Waals surface area (Å²) < 4.78 is 0. The molecule has 0 amide bonds. The highest BCUT2D eigenvalue weighted by atomic mass is 15.2. The first-order valence-corrected chi connectivity index (χ1v) is 8.85. The number of hydrogen-bond donors (Lipinski definition) is 1. The first-order chi connectivity index (χ1) is 9.69. The van der Waals surface area contributed by atoms with Crippen LogP contribution in [0.1, 0.15) is 51.9 Å². The van der Waals surface area contributed by atoms with Crippen molar-refractivity contribution in [1.29, 1.82) is 0 Å². The van der Waals surface area contributed by atoms with E-state index in [1.54, 1.807) is 0 Å². The van der Waals surface area contributed by atoms with Crippen LogP contribution < -0.4 is 5.73 Å². The van der Waals surface area contributed by atoms with E-state index < -0.39 is 0 Å². The predicted octanol–water partition coefficient (Wildman–Crippen LogP) is 2.56. The van der Waals surface area contributed by atoms with Gasteiger partial charge in [-0.05, 0) is 64.1 Å². The molecule has 3 unspecified atom stereocenters. The summed E-state index contributed by atoms with van der Waals surface area (Å²) in [5.74, 6) is 1.67. The minimum atomic E-state index is 0.442. The molecule has 20 heavy (non-hydrogen) atoms. The Hall–Kier alpha value is -0.120. The van der Waals surface area contributed by atoms with Gasteiger partial charge in [-0.2, -0.15) is 0 Å². The molecule has 0 spiro atoms. The van der Waals surface area contributed by atoms with Crippen molar-refractivity contribution in [1.82, 2.24) is 9.80 Å². The molecule has 2 N–H and O–H groups in total. The lowest BCUT2D eigenvalue weighted by molar-refractivity contribution is 0.159. The van der Waals surface area contributed by atoms with E-state index in [2.05, 4.69) is 23.8 Å². The van der Waals surface area contributed by atoms with E-state index in [0.29, 0.717) is 6.04 Å². The molecule has 2 fully saturated rings. The van der Waals surface area contributed by atoms with Crippen LogP contribution in [0.15, 0.2) is 0 Å². The minimum absolute atomic E-state index is 0.442. The molecule has 1 aliphatic carbocycles. The zero-order chi connectivity index (χ0) is 14.4. The van der Waals surface area contributed by atoms with Crippen LogP contribution in [0.4, 0.5) is 0 Å². The zero-order valence-electron chi connectivity index (χ0n) is 13.7. The van der Waals surface area contributed by atoms with Gasteiger partial charge in [-0.25, -0.2) is 0 Å². The standard InChI is InChI=1S/C17H35N3/c1-3-6-15-7-8-17(18)16(13-15)14-19(2)11-12-20-9-4-5-10-20/h15-17H,3-14,18H2,1-2H3. The number of hydrogen-bond acceptors (Lipinski definition) is 3. The Morgan fingerprint density at radius 1 is 1.20 bits per heavy atom. The van der Waals surface area contributed by atoms with E-state index in [1.165, 1.54) is 77.7 Å². The Bertz CT molecular complexity index is 263. The fraction of sp³-hybridized carbons (Fsp3) is 1.00. The van der Waals surface area contributed by atoms with Crippen LogP contribution in [0.25, 0.3) is 0 Å². The van der Waals surface area contributed by atoms with Crippen molar-refractivity contribution >= 4 is 0 Å². The summed E-state index contributed by atoms with van der Waals surface area (Å²) in [7, 11) is 2.28. The Balaban J connectivity index is 1.69. The van der Waals surface area contributed by atoms with Gasteiger partial charge in [0.05, 0.1) is 0 Å². The molecular formula is C17H35N3. The highest BCUT2D eigenvalue weighted by Crippen LogP contribution is 2.31. The minimum Gasteiger partial charge on any atom is -0.327 e. The van der Waals surface area contributed by atoms with Gasteiger partial charge < -0.3 is 15.5 Å². The van der Waals surface area contributed by atoms with E-state index in [9.17, 15) is 0 Å². The van der Waals surface area contributed by atoms with E-state index in [4.69, 9.17) is 5.73 Å². The molecule has 0 aromatic rings. The molecule has 2 rings (SSSR count). The van der Waals surface area contributed by atoms with Crippen LogP contribution in [-0.4, -0.2) is 55.6 Å². The first kappa shape index (κ1) is 16.3. The van der Waals surface area contributed by atoms with Gasteiger partial charge in [-0.1, -0.05) is 19.8 Å². The summed E-state index contributed by atoms with van der Waals surface area (Å²) >= 11 is 0. The maximum Gasteiger partial charge on any atom is 0.0109 e. The molecule has 1 saturated heterocycles. The molecule has 0 radical (unpaired) electrons. The molecule has 118 valence electrons. The van der Waals surface area contributed by atoms with Gasteiger partial charge in [-0.3, -0.25) is 0 Å². The average molecular weight is 281 g/mol. The monoisotopic (exact) mass is 281 g/mol. The molecule has 3 heteroatoms. The maximum absolute atomic E-state index is 6.37. The fourth-order valence-electron chi connectivity index (χ4n) is 4.07. The van der Waals surface area contributed by atoms with Crippen molar-refractivity contribution in [2.24, 2.45) is 17.6 Å². The predicted molar refractivity (Wildman–Crippen MR) is 86.9 cm³/mol. The van der Waals surface area contributed by atoms with E-state index in [0.717, 1.165) is 11.8 Å². The third-order valence-corrected chi connectivity index (χ3v) is 5.39. The van der Waals surface area contributed by atoms with Crippen molar-refractivity contribution in [3.63, 3.8) is 0 Å². The molecule has 1 aliphatic heterocycles. The summed E-state index contributed by atoms with van der Waals surface area (Å²) in [4.78, 5) is 5.13. The molecule has 0 aromatic heterocycles. The summed E-state index contributed by atoms with van der Waals surface area (Å²) in [6.07, 6.45) is 9.51. The smallest absolute Gasteiger partial charge is 0.0109 e. The van der Waals surface area contributed by atoms with Crippen LogP contribution in [0.5, 0.6) is 0 Å². The highest BCUT2D eigenvalue weighted by Gasteiger charge is 2.28. The molecule has 0 bridgehead atoms. The topological polar surface area (TPSA) is 32.5 Å². The van der Waals surface area contributed by atoms with Gasteiger partial charge in [0.25, 0.3) is 0 Å². The third kappa shape index (κ3) is 5.01. The molecular weight excluding hydrogens is 246 g/mol. The van der Waals surface area contributed by atoms with E-state index >= 15 is 0 Å². The van der Waals surface area contributed by atoms with Gasteiger partial charge in [-0.15, -0.1) is 0 Å². The van der Waals surface area contributed by atoms with Crippen LogP contribution in [0.2, 0.25) is 0 Å². The Morgan fingerprint density at radius 2 is 1.95 bits per heavy atom. The van der Waals surface area contributed by atoms with Crippen molar-refractivity contribution in [2.45, 2.75) is 57.9 Å². The lowest BCUT2D eigenvalue weighted by Gasteiger charge is -2.36. The lowest BCUT2D eigenvalue weighted by Crippen LogP contribution is -2.43. The maximum atomic E-state index is 6.37. The highest BCUT2D eigenvalue weighted by molar-refractivity contribution is 4.84. The Kier molecular flexibility index (Phi) is 6.79. The van der Waals surface area contributed by atoms with Crippen molar-refractivity contribution in [3.8, 4) is 0 Å². The normalized spacial score (nSPS) is 32.1. The quantitative estimate of drug-likeness (QED) is 0.778. The first-order valence-electron chi connectivity index (χ1n) is 8.85. The Morgan fingerprint density at radius 3 is 2.65 bits per heavy atom. The average Bonchev–Trinajstić information content (AvgIpc) is 2.94. The van der Waals surface area contributed by atoms with Gasteiger partial charge in [0, 0.05) is 25.7 Å². The Labute approximate surface area is 125 Å². The summed E-state index contributed by atoms with van der Waals surface area (Å²) in [6.45, 7) is 8.60. The number of nitrogens with two attached hydrogens (primary N) is 1. The fourth-order valence-corrected chi connectivity index (χ4v) is 4.07. The number of nitrogens with zero attached hydrogens (tertiary/aromatic N) is 2. The van der Waals surface area contributed by atoms with Gasteiger partial charge in [0.15, 0.2) is 0 Å². The summed E-state index contributed by atoms with van der Waals surface area (Å²) in [6, 6.07) is 0.442. The van der Waals surface area contributed by atoms with Gasteiger partial charge in [0.1, 0.15) is 0 Å². The molecule has 0 aromatic carbocycles. The van der Waals surface area contributed by atoms with Crippen molar-refractivity contribution in [2.75, 3.05) is 39.8 Å². The summed E-state index contributed by atoms with van der Waals surface area (Å²) in [5.41, 5.74) is 6.37. The van der Waals surface area contributed by atoms with Gasteiger partial charge in [0.2, 0.25) is 0 Å². The molecule has 1 heterocycles. The lowest BCUT2D eigenvalue weighted by atomic mass is 9.76. The molecule has 3 atom stereocenters. The SMILES string of the molecule is CCCC1CCC(N)C(CN(C)CCN2CCCC2)C1. The largest absolute Gasteiger partial charge is 0.327 e. The molecule has 3 nitrogen and oxygen atoms in total. The second kappa shape index (κ2) is 8.35. The zero-order valence-corrected chi connectivity index (χ0v) is 13.7. The number of rotatable bonds is 7. The van der Waals surface area contributed by atoms with E-state index in [1.807, 2.05) is 0 Å². The van der Waals surface area contributed by atoms with E-state index in [-0.39, 0.29) is 0 Å². The number of likely N-dealkylation sites (tertiary alicyclic amines) is 1. The second-order valence-electron chi connectivity index (χ2n) is 7.20. The van der Waals surface area contributed by atoms with Crippen LogP contribution in [0, 0.1) is 11.8 Å². The number of likely N-dealkylation sites (N-methyl/N-ethyl adjacent to an activating group) is 1. The third-order valence-electron chi connectivity index (χ3n) is 5.39. The summed E-state index contributed by atoms with van der Waals surface area (Å²) in [5, 5.41) is 0. The van der Waals surface area contributed by atoms with Crippen LogP contribution >= 0.6 is 0 Å². The van der Waals surface area contributed by atoms with Crippen LogP contribution in [0.3, 0.4) is 0 Å². The molecule has 2 aliphatic rings. The van der Waals surface area contributed by atoms with Crippen LogP contribution in [-0.2, 0) is 0 Å². The van der Waals surface area contributed by atoms with Crippen molar-refractivity contribution < 1.29 is 0 Å². The van der Waals surface area contributed by atoms with Gasteiger partial charge >= 0.3 is 0 Å².